The summed E-state index contributed by atoms with van der Waals surface area (Å²) in [6.07, 6.45) is 0. The number of anilines is 1. The summed E-state index contributed by atoms with van der Waals surface area (Å²) >= 11 is 0. The van der Waals surface area contributed by atoms with E-state index in [9.17, 15) is 0 Å². The Bertz CT molecular complexity index is 987. The van der Waals surface area contributed by atoms with Gasteiger partial charge in [-0.2, -0.15) is 0 Å². The monoisotopic (exact) mass is 410 g/mol. The minimum absolute atomic E-state index is 1.23. The fourth-order valence-corrected chi connectivity index (χ4v) is 8.22. The first-order chi connectivity index (χ1) is 14.5. The molecule has 0 radical (unpaired) electrons. The highest BCUT2D eigenvalue weighted by atomic mass is 31.2. The van der Waals surface area contributed by atoms with Gasteiger partial charge in [-0.3, -0.25) is 0 Å². The van der Waals surface area contributed by atoms with Crippen LogP contribution >= 0.6 is 7.41 Å². The third-order valence-corrected chi connectivity index (χ3v) is 10.1. The number of benzene rings is 4. The van der Waals surface area contributed by atoms with Gasteiger partial charge in [-0.05, 0) is 69.3 Å². The van der Waals surface area contributed by atoms with Gasteiger partial charge in [0.05, 0.1) is 5.69 Å². The molecule has 0 heterocycles. The van der Waals surface area contributed by atoms with Crippen molar-refractivity contribution in [2.24, 2.45) is 0 Å². The predicted molar refractivity (Wildman–Crippen MR) is 134 cm³/mol. The highest BCUT2D eigenvalue weighted by molar-refractivity contribution is 7.96. The van der Waals surface area contributed by atoms with Gasteiger partial charge in [-0.1, -0.05) is 71.3 Å². The molecule has 150 valence electrons. The van der Waals surface area contributed by atoms with Crippen molar-refractivity contribution in [1.82, 2.24) is 0 Å². The molecule has 0 aromatic heterocycles. The molecule has 0 fully saturated rings. The molecule has 0 atom stereocenters. The van der Waals surface area contributed by atoms with Gasteiger partial charge in [0.1, 0.15) is 15.9 Å². The van der Waals surface area contributed by atoms with E-state index in [1.54, 1.807) is 0 Å². The molecular formula is C28H29NP+. The minimum atomic E-state index is -2.09. The van der Waals surface area contributed by atoms with Crippen molar-refractivity contribution >= 4 is 29.0 Å². The molecule has 0 amide bonds. The zero-order chi connectivity index (χ0) is 21.1. The highest BCUT2D eigenvalue weighted by Gasteiger charge is 2.50. The zero-order valence-corrected chi connectivity index (χ0v) is 19.1. The summed E-state index contributed by atoms with van der Waals surface area (Å²) in [6.45, 7) is 6.47. The van der Waals surface area contributed by atoms with Crippen LogP contribution < -0.4 is 20.6 Å². The Morgan fingerprint density at radius 2 is 0.800 bits per heavy atom. The van der Waals surface area contributed by atoms with Crippen LogP contribution in [-0.4, -0.2) is 7.05 Å². The van der Waals surface area contributed by atoms with Crippen molar-refractivity contribution in [3.8, 4) is 0 Å². The highest BCUT2D eigenvalue weighted by Crippen LogP contribution is 2.59. The predicted octanol–water partition coefficient (Wildman–Crippen LogP) is 5.96. The van der Waals surface area contributed by atoms with Crippen LogP contribution in [0.1, 0.15) is 16.7 Å². The summed E-state index contributed by atoms with van der Waals surface area (Å²) in [6, 6.07) is 38.1. The molecule has 0 N–H and O–H groups in total. The maximum absolute atomic E-state index is 2.52. The van der Waals surface area contributed by atoms with Crippen molar-refractivity contribution in [2.45, 2.75) is 20.8 Å². The fourth-order valence-electron chi connectivity index (χ4n) is 4.07. The van der Waals surface area contributed by atoms with Gasteiger partial charge in [0.15, 0.2) is 0 Å². The summed E-state index contributed by atoms with van der Waals surface area (Å²) in [5, 5.41) is 4.10. The van der Waals surface area contributed by atoms with Crippen molar-refractivity contribution < 1.29 is 0 Å². The molecule has 0 spiro atoms. The topological polar surface area (TPSA) is 3.24 Å². The second-order valence-corrected chi connectivity index (χ2v) is 11.4. The number of rotatable bonds is 5. The summed E-state index contributed by atoms with van der Waals surface area (Å²) in [4.78, 5) is 0. The second-order valence-electron chi connectivity index (χ2n) is 8.00. The molecule has 0 unspecified atom stereocenters. The van der Waals surface area contributed by atoms with Crippen LogP contribution in [0.15, 0.2) is 103 Å². The van der Waals surface area contributed by atoms with E-state index in [0.29, 0.717) is 0 Å². The van der Waals surface area contributed by atoms with E-state index in [1.807, 2.05) is 0 Å². The standard InChI is InChI=1S/C28H29NP/c1-22-10-16-26(17-11-22)30(27-18-12-23(2)13-19-27,28-20-14-24(3)15-21-28)29(4)25-8-6-5-7-9-25/h5-21H,1-4H3/q+1. The van der Waals surface area contributed by atoms with Gasteiger partial charge in [0.2, 0.25) is 7.41 Å². The van der Waals surface area contributed by atoms with E-state index >= 15 is 0 Å². The number of hydrogen-bond donors (Lipinski definition) is 0. The molecule has 0 aliphatic carbocycles. The Balaban J connectivity index is 2.07. The minimum Gasteiger partial charge on any atom is -0.237 e. The summed E-state index contributed by atoms with van der Waals surface area (Å²) < 4.78 is 2.52. The molecule has 4 rings (SSSR count). The van der Waals surface area contributed by atoms with E-state index in [2.05, 4.69) is 136 Å². The molecule has 30 heavy (non-hydrogen) atoms. The molecule has 0 bridgehead atoms. The SMILES string of the molecule is Cc1ccc([P+](c2ccc(C)cc2)(c2ccc(C)cc2)N(C)c2ccccc2)cc1. The Labute approximate surface area is 181 Å². The number of para-hydroxylation sites is 1. The van der Waals surface area contributed by atoms with Crippen molar-refractivity contribution in [2.75, 3.05) is 11.7 Å². The fraction of sp³-hybridized carbons (Fsp3) is 0.143. The zero-order valence-electron chi connectivity index (χ0n) is 18.2. The molecule has 0 aliphatic rings. The lowest BCUT2D eigenvalue weighted by Crippen LogP contribution is -2.41. The number of hydrogen-bond acceptors (Lipinski definition) is 1. The van der Waals surface area contributed by atoms with E-state index < -0.39 is 7.41 Å². The molecule has 1 nitrogen and oxygen atoms in total. The maximum Gasteiger partial charge on any atom is 0.202 e. The van der Waals surface area contributed by atoms with Crippen molar-refractivity contribution in [1.29, 1.82) is 0 Å². The summed E-state index contributed by atoms with van der Waals surface area (Å²) in [7, 11) is 0.160. The van der Waals surface area contributed by atoms with Crippen LogP contribution in [0.25, 0.3) is 0 Å². The smallest absolute Gasteiger partial charge is 0.202 e. The normalized spacial score (nSPS) is 11.3. The Morgan fingerprint density at radius 3 is 1.13 bits per heavy atom. The van der Waals surface area contributed by atoms with Gasteiger partial charge < -0.3 is 0 Å². The van der Waals surface area contributed by atoms with E-state index in [0.717, 1.165) is 0 Å². The molecule has 0 saturated carbocycles. The Hall–Kier alpha value is -2.89. The first-order valence-corrected chi connectivity index (χ1v) is 12.2. The molecule has 4 aromatic carbocycles. The third-order valence-electron chi connectivity index (χ3n) is 5.80. The van der Waals surface area contributed by atoms with Gasteiger partial charge in [-0.25, -0.2) is 4.67 Å². The number of nitrogens with zero attached hydrogens (tertiary/aromatic N) is 1. The first kappa shape index (κ1) is 20.4. The quantitative estimate of drug-likeness (QED) is 0.367. The van der Waals surface area contributed by atoms with Crippen LogP contribution in [0.5, 0.6) is 0 Å². The number of aryl methyl sites for hydroxylation is 3. The molecule has 0 saturated heterocycles. The van der Waals surface area contributed by atoms with Crippen LogP contribution in [0.3, 0.4) is 0 Å². The molecule has 2 heteroatoms. The lowest BCUT2D eigenvalue weighted by atomic mass is 10.2. The summed E-state index contributed by atoms with van der Waals surface area (Å²) in [5.74, 6) is 0. The van der Waals surface area contributed by atoms with E-state index in [4.69, 9.17) is 0 Å². The molecule has 4 aromatic rings. The first-order valence-electron chi connectivity index (χ1n) is 10.4. The molecule has 0 aliphatic heterocycles. The van der Waals surface area contributed by atoms with Gasteiger partial charge >= 0.3 is 0 Å². The average molecular weight is 411 g/mol. The lowest BCUT2D eigenvalue weighted by Gasteiger charge is -2.36. The van der Waals surface area contributed by atoms with Crippen molar-refractivity contribution in [3.63, 3.8) is 0 Å². The Kier molecular flexibility index (Phi) is 5.75. The Morgan fingerprint density at radius 1 is 0.467 bits per heavy atom. The van der Waals surface area contributed by atoms with Crippen LogP contribution in [0, 0.1) is 20.8 Å². The van der Waals surface area contributed by atoms with Crippen molar-refractivity contribution in [3.05, 3.63) is 120 Å². The lowest BCUT2D eigenvalue weighted by molar-refractivity contribution is 1.33. The van der Waals surface area contributed by atoms with E-state index in [-0.39, 0.29) is 0 Å². The third kappa shape index (κ3) is 3.66. The largest absolute Gasteiger partial charge is 0.237 e. The van der Waals surface area contributed by atoms with Crippen LogP contribution in [0.4, 0.5) is 5.69 Å². The van der Waals surface area contributed by atoms with Gasteiger partial charge in [-0.15, -0.1) is 0 Å². The summed E-state index contributed by atoms with van der Waals surface area (Å²) in [5.41, 5.74) is 5.08. The maximum atomic E-state index is 2.52. The van der Waals surface area contributed by atoms with Crippen LogP contribution in [-0.2, 0) is 0 Å². The van der Waals surface area contributed by atoms with Gasteiger partial charge in [0.25, 0.3) is 0 Å². The average Bonchev–Trinajstić information content (AvgIpc) is 2.78. The van der Waals surface area contributed by atoms with Gasteiger partial charge in [0, 0.05) is 7.05 Å². The van der Waals surface area contributed by atoms with Crippen LogP contribution in [0.2, 0.25) is 0 Å². The second kappa shape index (κ2) is 8.46. The molecular weight excluding hydrogens is 381 g/mol. The van der Waals surface area contributed by atoms with E-state index in [1.165, 1.54) is 38.3 Å².